The van der Waals surface area contributed by atoms with Crippen molar-refractivity contribution in [2.24, 2.45) is 5.92 Å². The summed E-state index contributed by atoms with van der Waals surface area (Å²) in [6.07, 6.45) is 0.749. The molecule has 0 unspecified atom stereocenters. The molecule has 1 aromatic heterocycles. The minimum Gasteiger partial charge on any atom is -0.392 e. The Kier molecular flexibility index (Phi) is 3.02. The van der Waals surface area contributed by atoms with Gasteiger partial charge in [0.25, 0.3) is 0 Å². The highest BCUT2D eigenvalue weighted by molar-refractivity contribution is 5.85. The van der Waals surface area contributed by atoms with Crippen LogP contribution in [-0.4, -0.2) is 32.1 Å². The average Bonchev–Trinajstić information content (AvgIpc) is 2.85. The molecule has 0 spiro atoms. The molecular formula is C14H16N4O2. The second-order valence-electron chi connectivity index (χ2n) is 5.17. The van der Waals surface area contributed by atoms with E-state index in [9.17, 15) is 9.90 Å². The molecule has 0 saturated carbocycles. The van der Waals surface area contributed by atoms with Crippen molar-refractivity contribution >= 4 is 5.91 Å². The molecule has 104 valence electrons. The Hall–Kier alpha value is -2.21. The van der Waals surface area contributed by atoms with Crippen molar-refractivity contribution in [3.8, 4) is 11.3 Å². The topological polar surface area (TPSA) is 80.0 Å². The molecule has 1 amide bonds. The number of nitrogens with one attached hydrogen (secondary N) is 1. The van der Waals surface area contributed by atoms with Crippen LogP contribution in [0, 0.1) is 12.8 Å². The standard InChI is InChI=1S/C14H16N4O2/c1-8-3-5-10(6-4-8)11-7-18(17-16-11)13-12(9(2)19)14(20)15-13/h3-7,9,12-13,19H,1-2H3,(H,15,20)/t9-,12-,13-/m1/s1. The largest absolute Gasteiger partial charge is 0.392 e. The molecule has 1 aliphatic heterocycles. The van der Waals surface area contributed by atoms with E-state index >= 15 is 0 Å². The van der Waals surface area contributed by atoms with Crippen LogP contribution in [0.25, 0.3) is 11.3 Å². The summed E-state index contributed by atoms with van der Waals surface area (Å²) in [6, 6.07) is 7.99. The second kappa shape index (κ2) is 4.72. The SMILES string of the molecule is Cc1ccc(-c2cn([C@H]3NC(=O)[C@@H]3[C@@H](C)O)nn2)cc1. The number of hydrogen-bond acceptors (Lipinski definition) is 4. The molecule has 1 fully saturated rings. The minimum atomic E-state index is -0.708. The van der Waals surface area contributed by atoms with E-state index in [2.05, 4.69) is 15.6 Å². The molecule has 1 aromatic carbocycles. The summed E-state index contributed by atoms with van der Waals surface area (Å²) in [5.41, 5.74) is 2.90. The zero-order valence-corrected chi connectivity index (χ0v) is 11.3. The van der Waals surface area contributed by atoms with Crippen LogP contribution in [0.4, 0.5) is 0 Å². The lowest BCUT2D eigenvalue weighted by Gasteiger charge is -2.37. The third-order valence-corrected chi connectivity index (χ3v) is 3.60. The lowest BCUT2D eigenvalue weighted by molar-refractivity contribution is -0.145. The molecule has 0 bridgehead atoms. The Balaban J connectivity index is 1.84. The number of rotatable bonds is 3. The first-order valence-electron chi connectivity index (χ1n) is 6.53. The number of benzene rings is 1. The van der Waals surface area contributed by atoms with E-state index in [4.69, 9.17) is 0 Å². The van der Waals surface area contributed by atoms with Crippen molar-refractivity contribution in [1.82, 2.24) is 20.3 Å². The maximum absolute atomic E-state index is 11.4. The number of amides is 1. The van der Waals surface area contributed by atoms with Crippen LogP contribution in [0.5, 0.6) is 0 Å². The van der Waals surface area contributed by atoms with Gasteiger partial charge in [-0.3, -0.25) is 4.79 Å². The molecule has 3 rings (SSSR count). The molecule has 1 aliphatic rings. The van der Waals surface area contributed by atoms with Gasteiger partial charge in [0.2, 0.25) is 5.91 Å². The van der Waals surface area contributed by atoms with Crippen molar-refractivity contribution in [3.63, 3.8) is 0 Å². The lowest BCUT2D eigenvalue weighted by atomic mass is 9.92. The number of nitrogens with zero attached hydrogens (tertiary/aromatic N) is 3. The molecule has 2 aromatic rings. The van der Waals surface area contributed by atoms with Crippen LogP contribution in [0.2, 0.25) is 0 Å². The van der Waals surface area contributed by atoms with Gasteiger partial charge in [-0.05, 0) is 13.8 Å². The first kappa shape index (κ1) is 12.8. The van der Waals surface area contributed by atoms with Crippen molar-refractivity contribution in [1.29, 1.82) is 0 Å². The summed E-state index contributed by atoms with van der Waals surface area (Å²) in [4.78, 5) is 11.4. The summed E-state index contributed by atoms with van der Waals surface area (Å²) in [6.45, 7) is 3.63. The van der Waals surface area contributed by atoms with Gasteiger partial charge in [-0.25, -0.2) is 4.68 Å². The second-order valence-corrected chi connectivity index (χ2v) is 5.17. The highest BCUT2D eigenvalue weighted by Gasteiger charge is 2.44. The first-order valence-corrected chi connectivity index (χ1v) is 6.53. The van der Waals surface area contributed by atoms with E-state index < -0.39 is 12.0 Å². The lowest BCUT2D eigenvalue weighted by Crippen LogP contribution is -2.58. The molecule has 0 aliphatic carbocycles. The van der Waals surface area contributed by atoms with E-state index in [0.29, 0.717) is 0 Å². The molecule has 6 nitrogen and oxygen atoms in total. The fourth-order valence-electron chi connectivity index (χ4n) is 2.36. The highest BCUT2D eigenvalue weighted by Crippen LogP contribution is 2.28. The number of aliphatic hydroxyl groups is 1. The number of carbonyl (C=O) groups excluding carboxylic acids is 1. The van der Waals surface area contributed by atoms with Crippen LogP contribution in [-0.2, 0) is 4.79 Å². The highest BCUT2D eigenvalue weighted by atomic mass is 16.3. The first-order chi connectivity index (χ1) is 9.56. The smallest absolute Gasteiger partial charge is 0.231 e. The van der Waals surface area contributed by atoms with Crippen LogP contribution in [0.15, 0.2) is 30.5 Å². The summed E-state index contributed by atoms with van der Waals surface area (Å²) in [5, 5.41) is 20.5. The fourth-order valence-corrected chi connectivity index (χ4v) is 2.36. The van der Waals surface area contributed by atoms with Gasteiger partial charge in [-0.2, -0.15) is 0 Å². The zero-order valence-electron chi connectivity index (χ0n) is 11.3. The average molecular weight is 272 g/mol. The number of hydrogen-bond donors (Lipinski definition) is 2. The van der Waals surface area contributed by atoms with E-state index in [0.717, 1.165) is 11.3 Å². The van der Waals surface area contributed by atoms with Crippen molar-refractivity contribution in [2.45, 2.75) is 26.1 Å². The van der Waals surface area contributed by atoms with Gasteiger partial charge in [-0.1, -0.05) is 35.0 Å². The predicted octanol–water partition coefficient (Wildman–Crippen LogP) is 0.879. The Labute approximate surface area is 116 Å². The zero-order chi connectivity index (χ0) is 14.3. The summed E-state index contributed by atoms with van der Waals surface area (Å²) in [5.74, 6) is -0.625. The minimum absolute atomic E-state index is 0.155. The molecule has 3 atom stereocenters. The Morgan fingerprint density at radius 3 is 2.65 bits per heavy atom. The predicted molar refractivity (Wildman–Crippen MR) is 72.5 cm³/mol. The monoisotopic (exact) mass is 272 g/mol. The van der Waals surface area contributed by atoms with Crippen LogP contribution < -0.4 is 5.32 Å². The quantitative estimate of drug-likeness (QED) is 0.813. The third kappa shape index (κ3) is 2.08. The maximum Gasteiger partial charge on any atom is 0.231 e. The Morgan fingerprint density at radius 1 is 1.35 bits per heavy atom. The number of aliphatic hydroxyl groups excluding tert-OH is 1. The van der Waals surface area contributed by atoms with Gasteiger partial charge in [0.05, 0.1) is 12.3 Å². The number of aryl methyl sites for hydroxylation is 1. The van der Waals surface area contributed by atoms with Crippen LogP contribution in [0.1, 0.15) is 18.7 Å². The number of carbonyl (C=O) groups is 1. The van der Waals surface area contributed by atoms with E-state index in [1.165, 1.54) is 5.56 Å². The number of aromatic nitrogens is 3. The number of β-lactam (4-membered cyclic amide) rings is 1. The van der Waals surface area contributed by atoms with Crippen LogP contribution in [0.3, 0.4) is 0 Å². The fraction of sp³-hybridized carbons (Fsp3) is 0.357. The van der Waals surface area contributed by atoms with Crippen molar-refractivity contribution < 1.29 is 9.90 Å². The van der Waals surface area contributed by atoms with Crippen molar-refractivity contribution in [3.05, 3.63) is 36.0 Å². The van der Waals surface area contributed by atoms with E-state index in [1.807, 2.05) is 31.2 Å². The van der Waals surface area contributed by atoms with Gasteiger partial charge >= 0.3 is 0 Å². The summed E-state index contributed by atoms with van der Waals surface area (Å²) < 4.78 is 1.59. The molecule has 20 heavy (non-hydrogen) atoms. The molecule has 6 heteroatoms. The Bertz CT molecular complexity index is 633. The van der Waals surface area contributed by atoms with Gasteiger partial charge in [0.1, 0.15) is 17.8 Å². The van der Waals surface area contributed by atoms with E-state index in [-0.39, 0.29) is 12.1 Å². The summed E-state index contributed by atoms with van der Waals surface area (Å²) >= 11 is 0. The van der Waals surface area contributed by atoms with Gasteiger partial charge in [-0.15, -0.1) is 5.10 Å². The van der Waals surface area contributed by atoms with Crippen LogP contribution >= 0.6 is 0 Å². The van der Waals surface area contributed by atoms with Gasteiger partial charge in [0, 0.05) is 5.56 Å². The molecular weight excluding hydrogens is 256 g/mol. The normalized spacial score (nSPS) is 23.1. The van der Waals surface area contributed by atoms with Gasteiger partial charge in [0.15, 0.2) is 0 Å². The molecule has 0 radical (unpaired) electrons. The summed E-state index contributed by atoms with van der Waals surface area (Å²) in [7, 11) is 0. The molecule has 2 N–H and O–H groups in total. The molecule has 2 heterocycles. The van der Waals surface area contributed by atoms with Gasteiger partial charge < -0.3 is 10.4 Å². The van der Waals surface area contributed by atoms with E-state index in [1.54, 1.807) is 17.8 Å². The van der Waals surface area contributed by atoms with Crippen molar-refractivity contribution in [2.75, 3.05) is 0 Å². The Morgan fingerprint density at radius 2 is 2.05 bits per heavy atom. The third-order valence-electron chi connectivity index (χ3n) is 3.60. The maximum atomic E-state index is 11.4. The molecule has 1 saturated heterocycles.